The van der Waals surface area contributed by atoms with E-state index in [2.05, 4.69) is 27.7 Å². The second-order valence-electron chi connectivity index (χ2n) is 11.1. The summed E-state index contributed by atoms with van der Waals surface area (Å²) in [6.07, 6.45) is 8.12. The van der Waals surface area contributed by atoms with Gasteiger partial charge in [0.2, 0.25) is 0 Å². The van der Waals surface area contributed by atoms with Crippen molar-refractivity contribution in [2.45, 2.75) is 103 Å². The van der Waals surface area contributed by atoms with Gasteiger partial charge in [-0.1, -0.05) is 13.8 Å². The third-order valence-electron chi connectivity index (χ3n) is 9.53. The quantitative estimate of drug-likeness (QED) is 0.692. The highest BCUT2D eigenvalue weighted by Gasteiger charge is 2.68. The first-order valence-corrected chi connectivity index (χ1v) is 10.9. The molecule has 3 N–H and O–H groups in total. The molecule has 0 bridgehead atoms. The molecule has 0 amide bonds. The number of hydrogen-bond acceptors (Lipinski definition) is 4. The standard InChI is InChI=1S/C22H37NO3/c1-20(2)25-18-15-11-12(23)7-9-21(15,3)14-8-10-22(4)13(5-6-16(22)24)17(14)19(18)26-20/h12-19,24H,5-11,23H2,1-4H3/t12-,13?,14?,15?,16+,17?,18-,19-,21-,22+/m1/s1. The Balaban J connectivity index is 1.58. The Hall–Kier alpha value is -0.160. The van der Waals surface area contributed by atoms with Crippen molar-refractivity contribution in [2.24, 2.45) is 40.2 Å². The van der Waals surface area contributed by atoms with Crippen LogP contribution >= 0.6 is 0 Å². The molecule has 4 unspecified atom stereocenters. The minimum Gasteiger partial charge on any atom is -0.393 e. The maximum absolute atomic E-state index is 10.8. The van der Waals surface area contributed by atoms with Gasteiger partial charge in [-0.15, -0.1) is 0 Å². The number of rotatable bonds is 0. The lowest BCUT2D eigenvalue weighted by Crippen LogP contribution is -2.64. The lowest BCUT2D eigenvalue weighted by molar-refractivity contribution is -0.184. The molecule has 0 aromatic heterocycles. The van der Waals surface area contributed by atoms with Gasteiger partial charge in [0.15, 0.2) is 5.79 Å². The molecular formula is C22H37NO3. The highest BCUT2D eigenvalue weighted by Crippen LogP contribution is 2.68. The molecule has 4 nitrogen and oxygen atoms in total. The van der Waals surface area contributed by atoms with Crippen LogP contribution in [-0.2, 0) is 9.47 Å². The zero-order valence-electron chi connectivity index (χ0n) is 16.9. The van der Waals surface area contributed by atoms with E-state index in [1.165, 1.54) is 12.8 Å². The van der Waals surface area contributed by atoms with Crippen molar-refractivity contribution in [2.75, 3.05) is 0 Å². The smallest absolute Gasteiger partial charge is 0.163 e. The number of aliphatic hydroxyl groups excluding tert-OH is 1. The van der Waals surface area contributed by atoms with Crippen LogP contribution in [0.15, 0.2) is 0 Å². The normalized spacial score (nSPS) is 60.7. The van der Waals surface area contributed by atoms with Crippen LogP contribution in [0.5, 0.6) is 0 Å². The first-order valence-electron chi connectivity index (χ1n) is 10.9. The number of nitrogens with two attached hydrogens (primary N) is 1. The second-order valence-corrected chi connectivity index (χ2v) is 11.1. The van der Waals surface area contributed by atoms with E-state index in [1.807, 2.05) is 0 Å². The Morgan fingerprint density at radius 2 is 1.46 bits per heavy atom. The summed E-state index contributed by atoms with van der Waals surface area (Å²) in [5.74, 6) is 1.78. The van der Waals surface area contributed by atoms with E-state index in [4.69, 9.17) is 15.2 Å². The van der Waals surface area contributed by atoms with Gasteiger partial charge in [0.1, 0.15) is 0 Å². The molecule has 0 aromatic rings. The van der Waals surface area contributed by atoms with Gasteiger partial charge in [-0.05, 0) is 93.3 Å². The molecule has 148 valence electrons. The van der Waals surface area contributed by atoms with Crippen molar-refractivity contribution in [3.05, 3.63) is 0 Å². The summed E-state index contributed by atoms with van der Waals surface area (Å²) >= 11 is 0. The molecule has 5 rings (SSSR count). The SMILES string of the molecule is CC1(C)O[C@@H]2C3C(CC[C@@]4(C)C3CC[C@@H]4O)[C@@]3(C)CC[C@@H](N)CC3[C@H]2O1. The van der Waals surface area contributed by atoms with Crippen LogP contribution in [0.25, 0.3) is 0 Å². The van der Waals surface area contributed by atoms with E-state index in [0.29, 0.717) is 35.1 Å². The van der Waals surface area contributed by atoms with Crippen molar-refractivity contribution in [3.8, 4) is 0 Å². The average Bonchev–Trinajstić information content (AvgIpc) is 3.05. The number of aliphatic hydroxyl groups is 1. The fourth-order valence-electron chi connectivity index (χ4n) is 8.19. The molecule has 4 aliphatic carbocycles. The molecule has 5 fully saturated rings. The van der Waals surface area contributed by atoms with Gasteiger partial charge >= 0.3 is 0 Å². The zero-order chi connectivity index (χ0) is 18.5. The Labute approximate surface area is 158 Å². The van der Waals surface area contributed by atoms with Crippen LogP contribution < -0.4 is 5.73 Å². The highest BCUT2D eigenvalue weighted by atomic mass is 16.8. The summed E-state index contributed by atoms with van der Waals surface area (Å²) in [7, 11) is 0. The molecule has 26 heavy (non-hydrogen) atoms. The third kappa shape index (κ3) is 2.22. The van der Waals surface area contributed by atoms with Gasteiger partial charge in [0, 0.05) is 6.04 Å². The van der Waals surface area contributed by atoms with Gasteiger partial charge in [-0.2, -0.15) is 0 Å². The van der Waals surface area contributed by atoms with Gasteiger partial charge in [0.25, 0.3) is 0 Å². The van der Waals surface area contributed by atoms with Crippen LogP contribution in [0.2, 0.25) is 0 Å². The molecule has 4 saturated carbocycles. The van der Waals surface area contributed by atoms with Gasteiger partial charge in [-0.25, -0.2) is 0 Å². The summed E-state index contributed by atoms with van der Waals surface area (Å²) in [6.45, 7) is 9.02. The predicted molar refractivity (Wildman–Crippen MR) is 100 cm³/mol. The Morgan fingerprint density at radius 1 is 0.808 bits per heavy atom. The van der Waals surface area contributed by atoms with Crippen molar-refractivity contribution in [1.82, 2.24) is 0 Å². The molecule has 1 aliphatic heterocycles. The highest BCUT2D eigenvalue weighted by molar-refractivity contribution is 5.16. The summed E-state index contributed by atoms with van der Waals surface area (Å²) in [5, 5.41) is 10.8. The fourth-order valence-corrected chi connectivity index (χ4v) is 8.19. The van der Waals surface area contributed by atoms with E-state index in [9.17, 15) is 5.11 Å². The van der Waals surface area contributed by atoms with Crippen LogP contribution in [-0.4, -0.2) is 35.2 Å². The maximum Gasteiger partial charge on any atom is 0.163 e. The van der Waals surface area contributed by atoms with Crippen molar-refractivity contribution < 1.29 is 14.6 Å². The molecular weight excluding hydrogens is 326 g/mol. The first kappa shape index (κ1) is 17.9. The molecule has 0 aromatic carbocycles. The molecule has 0 radical (unpaired) electrons. The topological polar surface area (TPSA) is 64.7 Å². The van der Waals surface area contributed by atoms with Gasteiger partial charge < -0.3 is 20.3 Å². The van der Waals surface area contributed by atoms with Gasteiger partial charge in [0.05, 0.1) is 18.3 Å². The fraction of sp³-hybridized carbons (Fsp3) is 1.00. The number of fused-ring (bicyclic) bond motifs is 8. The van der Waals surface area contributed by atoms with Crippen LogP contribution in [0.3, 0.4) is 0 Å². The largest absolute Gasteiger partial charge is 0.393 e. The maximum atomic E-state index is 10.8. The van der Waals surface area contributed by atoms with Crippen molar-refractivity contribution in [1.29, 1.82) is 0 Å². The minimum absolute atomic E-state index is 0.0656. The summed E-state index contributed by atoms with van der Waals surface area (Å²) in [5.41, 5.74) is 6.79. The van der Waals surface area contributed by atoms with Crippen LogP contribution in [0.1, 0.15) is 72.6 Å². The summed E-state index contributed by atoms with van der Waals surface area (Å²) in [4.78, 5) is 0. The second kappa shape index (κ2) is 5.46. The zero-order valence-corrected chi connectivity index (χ0v) is 16.9. The first-order chi connectivity index (χ1) is 12.2. The monoisotopic (exact) mass is 363 g/mol. The van der Waals surface area contributed by atoms with Crippen LogP contribution in [0, 0.1) is 34.5 Å². The third-order valence-corrected chi connectivity index (χ3v) is 9.53. The predicted octanol–water partition coefficient (Wildman–Crippen LogP) is 3.46. The van der Waals surface area contributed by atoms with Crippen LogP contribution in [0.4, 0.5) is 0 Å². The van der Waals surface area contributed by atoms with E-state index < -0.39 is 5.79 Å². The van der Waals surface area contributed by atoms with E-state index in [0.717, 1.165) is 32.1 Å². The number of ether oxygens (including phenoxy) is 2. The Morgan fingerprint density at radius 3 is 2.23 bits per heavy atom. The minimum atomic E-state index is -0.502. The molecule has 5 aliphatic rings. The summed E-state index contributed by atoms with van der Waals surface area (Å²) < 4.78 is 13.1. The molecule has 10 atom stereocenters. The lowest BCUT2D eigenvalue weighted by atomic mass is 9.43. The summed E-state index contributed by atoms with van der Waals surface area (Å²) in [6, 6.07) is 0.305. The Kier molecular flexibility index (Phi) is 3.76. The van der Waals surface area contributed by atoms with Crippen molar-refractivity contribution >= 4 is 0 Å². The molecule has 0 spiro atoms. The van der Waals surface area contributed by atoms with E-state index >= 15 is 0 Å². The average molecular weight is 364 g/mol. The molecule has 1 saturated heterocycles. The number of hydrogen-bond donors (Lipinski definition) is 2. The van der Waals surface area contributed by atoms with E-state index in [-0.39, 0.29) is 23.7 Å². The lowest BCUT2D eigenvalue weighted by Gasteiger charge is -2.63. The molecule has 4 heteroatoms. The van der Waals surface area contributed by atoms with Crippen molar-refractivity contribution in [3.63, 3.8) is 0 Å². The van der Waals surface area contributed by atoms with Gasteiger partial charge in [-0.3, -0.25) is 0 Å². The molecule has 1 heterocycles. The Bertz CT molecular complexity index is 594. The van der Waals surface area contributed by atoms with E-state index in [1.54, 1.807) is 0 Å².